The minimum absolute atomic E-state index is 0.185. The summed E-state index contributed by atoms with van der Waals surface area (Å²) < 4.78 is 12.1. The number of rotatable bonds is 5. The summed E-state index contributed by atoms with van der Waals surface area (Å²) in [6.45, 7) is 2.72. The van der Waals surface area contributed by atoms with E-state index in [1.807, 2.05) is 13.0 Å². The minimum atomic E-state index is -0.780. The van der Waals surface area contributed by atoms with Gasteiger partial charge in [-0.25, -0.2) is 0 Å². The van der Waals surface area contributed by atoms with E-state index in [0.29, 0.717) is 5.56 Å². The molecule has 2 atom stereocenters. The van der Waals surface area contributed by atoms with Crippen LogP contribution in [0.2, 0.25) is 0 Å². The molecule has 1 N–H and O–H groups in total. The lowest BCUT2D eigenvalue weighted by atomic mass is 10.2. The predicted molar refractivity (Wildman–Crippen MR) is 75.5 cm³/mol. The number of anilines is 1. The third-order valence-corrected chi connectivity index (χ3v) is 4.30. The van der Waals surface area contributed by atoms with Crippen molar-refractivity contribution in [1.29, 1.82) is 5.26 Å². The van der Waals surface area contributed by atoms with Gasteiger partial charge in [0.05, 0.1) is 11.6 Å². The van der Waals surface area contributed by atoms with E-state index < -0.39 is 10.8 Å². The lowest BCUT2D eigenvalue weighted by Crippen LogP contribution is -2.14. The van der Waals surface area contributed by atoms with Crippen LogP contribution in [0.15, 0.2) is 22.7 Å². The zero-order valence-corrected chi connectivity index (χ0v) is 12.3. The first-order valence-corrected chi connectivity index (χ1v) is 7.71. The van der Waals surface area contributed by atoms with Gasteiger partial charge < -0.3 is 5.32 Å². The summed E-state index contributed by atoms with van der Waals surface area (Å²) in [4.78, 5) is 0. The molecule has 0 bridgehead atoms. The Morgan fingerprint density at radius 2 is 2.24 bits per heavy atom. The van der Waals surface area contributed by atoms with Crippen LogP contribution in [0, 0.1) is 11.3 Å². The quantitative estimate of drug-likeness (QED) is 0.909. The summed E-state index contributed by atoms with van der Waals surface area (Å²) in [6.07, 6.45) is 2.56. The number of benzene rings is 1. The van der Waals surface area contributed by atoms with Gasteiger partial charge in [0.25, 0.3) is 0 Å². The molecular weight excluding hydrogens is 300 g/mol. The molecule has 1 aromatic carbocycles. The third kappa shape index (κ3) is 4.88. The summed E-state index contributed by atoms with van der Waals surface area (Å²) in [7, 11) is -0.780. The maximum atomic E-state index is 11.2. The van der Waals surface area contributed by atoms with E-state index in [1.165, 1.54) is 0 Å². The maximum Gasteiger partial charge on any atom is 0.0992 e. The van der Waals surface area contributed by atoms with E-state index >= 15 is 0 Å². The van der Waals surface area contributed by atoms with E-state index in [1.54, 1.807) is 18.4 Å². The van der Waals surface area contributed by atoms with Gasteiger partial charge in [-0.05, 0) is 24.6 Å². The molecule has 0 aromatic heterocycles. The Balaban J connectivity index is 2.55. The van der Waals surface area contributed by atoms with E-state index in [0.717, 1.165) is 23.1 Å². The standard InChI is InChI=1S/C12H15BrN2OS/c1-9(17(2)16)3-4-15-12-6-10(8-14)5-11(13)7-12/h5-7,9,15H,3-4H2,1-2H3. The van der Waals surface area contributed by atoms with Gasteiger partial charge in [0, 0.05) is 39.0 Å². The SMILES string of the molecule is CC(CCNc1cc(Br)cc(C#N)c1)S(C)=O. The zero-order chi connectivity index (χ0) is 12.8. The Labute approximate surface area is 113 Å². The van der Waals surface area contributed by atoms with Crippen LogP contribution in [0.1, 0.15) is 18.9 Å². The van der Waals surface area contributed by atoms with Crippen molar-refractivity contribution in [3.05, 3.63) is 28.2 Å². The summed E-state index contributed by atoms with van der Waals surface area (Å²) in [6, 6.07) is 7.61. The van der Waals surface area contributed by atoms with Crippen LogP contribution < -0.4 is 5.32 Å². The number of hydrogen-bond donors (Lipinski definition) is 1. The van der Waals surface area contributed by atoms with Crippen molar-refractivity contribution in [1.82, 2.24) is 0 Å². The van der Waals surface area contributed by atoms with Crippen LogP contribution in [-0.4, -0.2) is 22.3 Å². The first-order valence-electron chi connectivity index (χ1n) is 5.29. The minimum Gasteiger partial charge on any atom is -0.385 e. The predicted octanol–water partition coefficient (Wildman–Crippen LogP) is 2.89. The van der Waals surface area contributed by atoms with E-state index in [4.69, 9.17) is 5.26 Å². The Kier molecular flexibility index (Phi) is 5.66. The fraction of sp³-hybridized carbons (Fsp3) is 0.417. The van der Waals surface area contributed by atoms with Crippen molar-refractivity contribution < 1.29 is 4.21 Å². The van der Waals surface area contributed by atoms with Crippen molar-refractivity contribution in [2.75, 3.05) is 18.1 Å². The highest BCUT2D eigenvalue weighted by molar-refractivity contribution is 9.10. The molecule has 0 aliphatic heterocycles. The second kappa shape index (κ2) is 6.77. The highest BCUT2D eigenvalue weighted by Gasteiger charge is 2.05. The smallest absolute Gasteiger partial charge is 0.0992 e. The fourth-order valence-electron chi connectivity index (χ4n) is 1.34. The molecule has 5 heteroatoms. The lowest BCUT2D eigenvalue weighted by Gasteiger charge is -2.10. The summed E-state index contributed by atoms with van der Waals surface area (Å²) in [5.41, 5.74) is 1.53. The van der Waals surface area contributed by atoms with Gasteiger partial charge in [-0.1, -0.05) is 22.9 Å². The summed E-state index contributed by atoms with van der Waals surface area (Å²) >= 11 is 3.36. The van der Waals surface area contributed by atoms with Crippen LogP contribution >= 0.6 is 15.9 Å². The molecule has 0 fully saturated rings. The number of halogens is 1. The average Bonchev–Trinajstić information content (AvgIpc) is 2.27. The highest BCUT2D eigenvalue weighted by atomic mass is 79.9. The van der Waals surface area contributed by atoms with Crippen LogP contribution in [0.25, 0.3) is 0 Å². The first-order chi connectivity index (χ1) is 8.02. The second-order valence-corrected chi connectivity index (χ2v) is 6.58. The van der Waals surface area contributed by atoms with Crippen LogP contribution in [0.4, 0.5) is 5.69 Å². The first kappa shape index (κ1) is 14.2. The second-order valence-electron chi connectivity index (χ2n) is 3.87. The Morgan fingerprint density at radius 1 is 1.53 bits per heavy atom. The molecule has 0 saturated heterocycles. The van der Waals surface area contributed by atoms with Crippen LogP contribution in [0.5, 0.6) is 0 Å². The molecule has 2 unspecified atom stereocenters. The number of nitriles is 1. The zero-order valence-electron chi connectivity index (χ0n) is 9.87. The van der Waals surface area contributed by atoms with Crippen LogP contribution in [-0.2, 0) is 10.8 Å². The largest absolute Gasteiger partial charge is 0.385 e. The van der Waals surface area contributed by atoms with E-state index in [9.17, 15) is 4.21 Å². The van der Waals surface area contributed by atoms with Gasteiger partial charge in [0.1, 0.15) is 0 Å². The number of hydrogen-bond acceptors (Lipinski definition) is 3. The van der Waals surface area contributed by atoms with E-state index in [-0.39, 0.29) is 5.25 Å². The molecular formula is C12H15BrN2OS. The van der Waals surface area contributed by atoms with Crippen molar-refractivity contribution in [3.8, 4) is 6.07 Å². The van der Waals surface area contributed by atoms with Gasteiger partial charge in [0.2, 0.25) is 0 Å². The molecule has 0 spiro atoms. The molecule has 0 amide bonds. The van der Waals surface area contributed by atoms with Crippen molar-refractivity contribution >= 4 is 32.4 Å². The van der Waals surface area contributed by atoms with Gasteiger partial charge in [0.15, 0.2) is 0 Å². The highest BCUT2D eigenvalue weighted by Crippen LogP contribution is 2.19. The van der Waals surface area contributed by atoms with E-state index in [2.05, 4.69) is 27.3 Å². The van der Waals surface area contributed by atoms with Gasteiger partial charge in [-0.15, -0.1) is 0 Å². The van der Waals surface area contributed by atoms with Gasteiger partial charge >= 0.3 is 0 Å². The molecule has 1 rings (SSSR count). The monoisotopic (exact) mass is 314 g/mol. The normalized spacial score (nSPS) is 13.8. The Bertz CT molecular complexity index is 456. The molecule has 92 valence electrons. The molecule has 1 aromatic rings. The third-order valence-electron chi connectivity index (χ3n) is 2.47. The van der Waals surface area contributed by atoms with Crippen molar-refractivity contribution in [2.45, 2.75) is 18.6 Å². The summed E-state index contributed by atoms with van der Waals surface area (Å²) in [5.74, 6) is 0. The molecule has 0 aliphatic rings. The molecule has 0 saturated carbocycles. The van der Waals surface area contributed by atoms with Gasteiger partial charge in [-0.3, -0.25) is 4.21 Å². The topological polar surface area (TPSA) is 52.9 Å². The van der Waals surface area contributed by atoms with Crippen molar-refractivity contribution in [2.24, 2.45) is 0 Å². The van der Waals surface area contributed by atoms with Gasteiger partial charge in [-0.2, -0.15) is 5.26 Å². The number of nitrogens with zero attached hydrogens (tertiary/aromatic N) is 1. The summed E-state index contributed by atoms with van der Waals surface area (Å²) in [5, 5.41) is 12.2. The Morgan fingerprint density at radius 3 is 2.82 bits per heavy atom. The Hall–Kier alpha value is -0.860. The molecule has 0 aliphatic carbocycles. The molecule has 0 radical (unpaired) electrons. The molecule has 17 heavy (non-hydrogen) atoms. The number of nitrogens with one attached hydrogen (secondary N) is 1. The molecule has 3 nitrogen and oxygen atoms in total. The fourth-order valence-corrected chi connectivity index (χ4v) is 2.29. The maximum absolute atomic E-state index is 11.2. The average molecular weight is 315 g/mol. The molecule has 0 heterocycles. The van der Waals surface area contributed by atoms with Crippen LogP contribution in [0.3, 0.4) is 0 Å². The van der Waals surface area contributed by atoms with Crippen molar-refractivity contribution in [3.63, 3.8) is 0 Å². The lowest BCUT2D eigenvalue weighted by molar-refractivity contribution is 0.672.